The Bertz CT molecular complexity index is 420. The van der Waals surface area contributed by atoms with Gasteiger partial charge in [0, 0.05) is 5.69 Å². The van der Waals surface area contributed by atoms with Crippen LogP contribution in [-0.4, -0.2) is 30.3 Å². The Morgan fingerprint density at radius 1 is 1.44 bits per heavy atom. The predicted molar refractivity (Wildman–Crippen MR) is 65.1 cm³/mol. The summed E-state index contributed by atoms with van der Waals surface area (Å²) in [5.74, 6) is 0.123. The Morgan fingerprint density at radius 3 is 2.56 bits per heavy atom. The molecule has 0 saturated carbocycles. The van der Waals surface area contributed by atoms with E-state index in [9.17, 15) is 4.79 Å². The number of nitrogens with zero attached hydrogens (tertiary/aromatic N) is 1. The highest BCUT2D eigenvalue weighted by Crippen LogP contribution is 2.12. The SMILES string of the molecule is CCc1ccc(NC(=O)[C@H]2C=[N+](C)C2)cc1. The number of aryl methyl sites for hydroxylation is 1. The van der Waals surface area contributed by atoms with Gasteiger partial charge in [0.05, 0.1) is 0 Å². The van der Waals surface area contributed by atoms with E-state index >= 15 is 0 Å². The molecule has 3 nitrogen and oxygen atoms in total. The van der Waals surface area contributed by atoms with Crippen LogP contribution < -0.4 is 5.32 Å². The second kappa shape index (κ2) is 4.47. The van der Waals surface area contributed by atoms with E-state index < -0.39 is 0 Å². The van der Waals surface area contributed by atoms with Gasteiger partial charge in [-0.2, -0.15) is 0 Å². The summed E-state index contributed by atoms with van der Waals surface area (Å²) in [7, 11) is 1.97. The zero-order valence-electron chi connectivity index (χ0n) is 9.73. The summed E-state index contributed by atoms with van der Waals surface area (Å²) < 4.78 is 2.02. The largest absolute Gasteiger partial charge is 0.325 e. The highest BCUT2D eigenvalue weighted by molar-refractivity contribution is 6.02. The third-order valence-corrected chi connectivity index (χ3v) is 2.89. The number of benzene rings is 1. The van der Waals surface area contributed by atoms with Crippen molar-refractivity contribution in [2.75, 3.05) is 18.9 Å². The molecule has 1 aliphatic heterocycles. The van der Waals surface area contributed by atoms with Crippen molar-refractivity contribution in [3.05, 3.63) is 29.8 Å². The molecule has 0 aliphatic carbocycles. The lowest BCUT2D eigenvalue weighted by molar-refractivity contribution is -0.524. The van der Waals surface area contributed by atoms with Crippen LogP contribution in [0.15, 0.2) is 24.3 Å². The minimum Gasteiger partial charge on any atom is -0.325 e. The van der Waals surface area contributed by atoms with Crippen molar-refractivity contribution in [3.63, 3.8) is 0 Å². The molecule has 1 aromatic carbocycles. The van der Waals surface area contributed by atoms with Crippen molar-refractivity contribution in [2.24, 2.45) is 5.92 Å². The molecule has 0 radical (unpaired) electrons. The fourth-order valence-corrected chi connectivity index (χ4v) is 1.80. The van der Waals surface area contributed by atoms with Gasteiger partial charge in [-0.1, -0.05) is 19.1 Å². The van der Waals surface area contributed by atoms with E-state index in [2.05, 4.69) is 12.2 Å². The molecule has 0 bridgehead atoms. The monoisotopic (exact) mass is 217 g/mol. The molecule has 1 atom stereocenters. The molecular weight excluding hydrogens is 200 g/mol. The first-order valence-corrected chi connectivity index (χ1v) is 5.64. The fraction of sp³-hybridized carbons (Fsp3) is 0.385. The quantitative estimate of drug-likeness (QED) is 0.765. The van der Waals surface area contributed by atoms with Crippen molar-refractivity contribution < 1.29 is 9.37 Å². The molecule has 1 aliphatic rings. The van der Waals surface area contributed by atoms with Gasteiger partial charge in [0.15, 0.2) is 18.7 Å². The zero-order chi connectivity index (χ0) is 11.5. The minimum absolute atomic E-state index is 0.0378. The van der Waals surface area contributed by atoms with E-state index in [0.29, 0.717) is 0 Å². The molecule has 0 unspecified atom stereocenters. The van der Waals surface area contributed by atoms with Gasteiger partial charge in [-0.3, -0.25) is 4.79 Å². The van der Waals surface area contributed by atoms with Gasteiger partial charge in [-0.25, -0.2) is 4.58 Å². The topological polar surface area (TPSA) is 32.1 Å². The third-order valence-electron chi connectivity index (χ3n) is 2.89. The minimum atomic E-state index is 0.0378. The highest BCUT2D eigenvalue weighted by Gasteiger charge is 2.31. The number of hydrogen-bond donors (Lipinski definition) is 1. The number of carbonyl (C=O) groups excluding carboxylic acids is 1. The summed E-state index contributed by atoms with van der Waals surface area (Å²) in [6, 6.07) is 8.01. The molecule has 1 N–H and O–H groups in total. The zero-order valence-corrected chi connectivity index (χ0v) is 9.73. The average Bonchev–Trinajstić information content (AvgIpc) is 2.26. The van der Waals surface area contributed by atoms with E-state index in [-0.39, 0.29) is 11.8 Å². The molecule has 3 heteroatoms. The summed E-state index contributed by atoms with van der Waals surface area (Å²) in [5, 5.41) is 2.92. The normalized spacial score (nSPS) is 18.6. The van der Waals surface area contributed by atoms with Gasteiger partial charge >= 0.3 is 0 Å². The fourth-order valence-electron chi connectivity index (χ4n) is 1.80. The Kier molecular flexibility index (Phi) is 3.04. The molecular formula is C13H17N2O+. The maximum absolute atomic E-state index is 11.7. The van der Waals surface area contributed by atoms with Crippen LogP contribution in [0.5, 0.6) is 0 Å². The number of nitrogens with one attached hydrogen (secondary N) is 1. The summed E-state index contributed by atoms with van der Waals surface area (Å²) in [4.78, 5) is 11.7. The van der Waals surface area contributed by atoms with Crippen LogP contribution in [0.4, 0.5) is 5.69 Å². The highest BCUT2D eigenvalue weighted by atomic mass is 16.2. The van der Waals surface area contributed by atoms with Crippen LogP contribution >= 0.6 is 0 Å². The van der Waals surface area contributed by atoms with Crippen LogP contribution in [-0.2, 0) is 11.2 Å². The number of hydrogen-bond acceptors (Lipinski definition) is 1. The third kappa shape index (κ3) is 2.30. The van der Waals surface area contributed by atoms with Gasteiger partial charge < -0.3 is 5.32 Å². The Balaban J connectivity index is 1.96. The number of anilines is 1. The number of amides is 1. The lowest BCUT2D eigenvalue weighted by Crippen LogP contribution is -2.41. The first-order chi connectivity index (χ1) is 7.69. The van der Waals surface area contributed by atoms with Gasteiger partial charge in [0.2, 0.25) is 5.91 Å². The second-order valence-electron chi connectivity index (χ2n) is 4.23. The molecule has 0 aromatic heterocycles. The average molecular weight is 217 g/mol. The van der Waals surface area contributed by atoms with Crippen molar-refractivity contribution in [1.29, 1.82) is 0 Å². The predicted octanol–water partition coefficient (Wildman–Crippen LogP) is 1.53. The van der Waals surface area contributed by atoms with Crippen LogP contribution in [0.2, 0.25) is 0 Å². The van der Waals surface area contributed by atoms with E-state index in [4.69, 9.17) is 0 Å². The Hall–Kier alpha value is -1.64. The first kappa shape index (κ1) is 10.9. The number of rotatable bonds is 3. The molecule has 84 valence electrons. The summed E-state index contributed by atoms with van der Waals surface area (Å²) in [6.07, 6.45) is 2.96. The van der Waals surface area contributed by atoms with Crippen molar-refractivity contribution in [1.82, 2.24) is 0 Å². The molecule has 1 aromatic rings. The second-order valence-corrected chi connectivity index (χ2v) is 4.23. The lowest BCUT2D eigenvalue weighted by Gasteiger charge is -2.16. The van der Waals surface area contributed by atoms with E-state index in [0.717, 1.165) is 18.7 Å². The van der Waals surface area contributed by atoms with Gasteiger partial charge in [0.1, 0.15) is 7.05 Å². The molecule has 1 heterocycles. The van der Waals surface area contributed by atoms with Crippen LogP contribution in [0.3, 0.4) is 0 Å². The van der Waals surface area contributed by atoms with E-state index in [1.807, 2.05) is 42.1 Å². The smallest absolute Gasteiger partial charge is 0.243 e. The van der Waals surface area contributed by atoms with Gasteiger partial charge in [-0.15, -0.1) is 0 Å². The Labute approximate surface area is 95.8 Å². The first-order valence-electron chi connectivity index (χ1n) is 5.64. The standard InChI is InChI=1S/C13H16N2O/c1-3-10-4-6-12(7-5-10)14-13(16)11-8-15(2)9-11/h4-8,11H,3,9H2,1-2H3/p+1/t11-/m0/s1. The van der Waals surface area contributed by atoms with E-state index in [1.165, 1.54) is 5.56 Å². The maximum atomic E-state index is 11.7. The van der Waals surface area contributed by atoms with Crippen LogP contribution in [0, 0.1) is 5.92 Å². The van der Waals surface area contributed by atoms with E-state index in [1.54, 1.807) is 0 Å². The molecule has 16 heavy (non-hydrogen) atoms. The molecule has 0 spiro atoms. The Morgan fingerprint density at radius 2 is 2.06 bits per heavy atom. The molecule has 1 amide bonds. The van der Waals surface area contributed by atoms with Crippen molar-refractivity contribution >= 4 is 17.8 Å². The molecule has 0 saturated heterocycles. The maximum Gasteiger partial charge on any atom is 0.243 e. The summed E-state index contributed by atoms with van der Waals surface area (Å²) in [6.45, 7) is 2.94. The number of carbonyl (C=O) groups is 1. The lowest BCUT2D eigenvalue weighted by atomic mass is 10.1. The molecule has 0 fully saturated rings. The van der Waals surface area contributed by atoms with Crippen molar-refractivity contribution in [3.8, 4) is 0 Å². The molecule has 2 rings (SSSR count). The van der Waals surface area contributed by atoms with Gasteiger partial charge in [0.25, 0.3) is 0 Å². The van der Waals surface area contributed by atoms with Gasteiger partial charge in [-0.05, 0) is 24.1 Å². The van der Waals surface area contributed by atoms with Crippen LogP contribution in [0.25, 0.3) is 0 Å². The van der Waals surface area contributed by atoms with Crippen LogP contribution in [0.1, 0.15) is 12.5 Å². The van der Waals surface area contributed by atoms with Crippen molar-refractivity contribution in [2.45, 2.75) is 13.3 Å². The summed E-state index contributed by atoms with van der Waals surface area (Å²) >= 11 is 0. The summed E-state index contributed by atoms with van der Waals surface area (Å²) in [5.41, 5.74) is 2.16.